The van der Waals surface area contributed by atoms with Gasteiger partial charge in [0.2, 0.25) is 6.79 Å². The number of anilines is 1. The zero-order chi connectivity index (χ0) is 19.8. The molecule has 146 valence electrons. The van der Waals surface area contributed by atoms with Gasteiger partial charge in [0.25, 0.3) is 5.56 Å². The molecule has 4 rings (SSSR count). The minimum absolute atomic E-state index is 0.209. The Labute approximate surface area is 164 Å². The summed E-state index contributed by atoms with van der Waals surface area (Å²) in [6.07, 6.45) is 0. The number of thiophene rings is 1. The van der Waals surface area contributed by atoms with Gasteiger partial charge < -0.3 is 24.5 Å². The predicted octanol–water partition coefficient (Wildman–Crippen LogP) is 3.37. The molecule has 0 saturated heterocycles. The lowest BCUT2D eigenvalue weighted by atomic mass is 10.2. The Kier molecular flexibility index (Phi) is 4.68. The molecule has 0 fully saturated rings. The molecular weight excluding hydrogens is 382 g/mol. The fourth-order valence-electron chi connectivity index (χ4n) is 3.06. The van der Waals surface area contributed by atoms with E-state index in [4.69, 9.17) is 14.2 Å². The van der Waals surface area contributed by atoms with E-state index in [-0.39, 0.29) is 25.0 Å². The minimum atomic E-state index is -0.435. The largest absolute Gasteiger partial charge is 0.462 e. The average Bonchev–Trinajstić information content (AvgIpc) is 3.26. The maximum Gasteiger partial charge on any atom is 0.348 e. The van der Waals surface area contributed by atoms with Crippen LogP contribution < -0.4 is 20.3 Å². The lowest BCUT2D eigenvalue weighted by Crippen LogP contribution is -2.17. The molecule has 2 N–H and O–H groups in total. The molecule has 8 nitrogen and oxygen atoms in total. The van der Waals surface area contributed by atoms with E-state index in [0.717, 1.165) is 5.69 Å². The van der Waals surface area contributed by atoms with Crippen molar-refractivity contribution in [2.45, 2.75) is 26.8 Å². The Hall–Kier alpha value is -3.07. The first-order valence-corrected chi connectivity index (χ1v) is 9.66. The molecule has 2 aromatic heterocycles. The van der Waals surface area contributed by atoms with Crippen molar-refractivity contribution in [3.63, 3.8) is 0 Å². The number of fused-ring (bicyclic) bond motifs is 2. The highest BCUT2D eigenvalue weighted by Gasteiger charge is 2.21. The summed E-state index contributed by atoms with van der Waals surface area (Å²) in [6.45, 7) is 5.85. The summed E-state index contributed by atoms with van der Waals surface area (Å²) in [5, 5.41) is 3.71. The first-order valence-electron chi connectivity index (χ1n) is 8.84. The number of rotatable bonds is 5. The molecule has 0 unspecified atom stereocenters. The predicted molar refractivity (Wildman–Crippen MR) is 106 cm³/mol. The lowest BCUT2D eigenvalue weighted by molar-refractivity contribution is 0.0531. The average molecular weight is 401 g/mol. The van der Waals surface area contributed by atoms with E-state index >= 15 is 0 Å². The number of aryl methyl sites for hydroxylation is 1. The molecule has 1 aliphatic heterocycles. The Morgan fingerprint density at radius 3 is 2.96 bits per heavy atom. The van der Waals surface area contributed by atoms with Gasteiger partial charge >= 0.3 is 5.97 Å². The van der Waals surface area contributed by atoms with Crippen molar-refractivity contribution >= 4 is 33.2 Å². The Morgan fingerprint density at radius 1 is 1.39 bits per heavy atom. The maximum atomic E-state index is 12.6. The second-order valence-corrected chi connectivity index (χ2v) is 7.34. The highest BCUT2D eigenvalue weighted by atomic mass is 32.1. The van der Waals surface area contributed by atoms with Crippen molar-refractivity contribution < 1.29 is 19.0 Å². The topological polar surface area (TPSA) is 103 Å². The summed E-state index contributed by atoms with van der Waals surface area (Å²) < 4.78 is 15.8. The van der Waals surface area contributed by atoms with Crippen LogP contribution in [-0.4, -0.2) is 29.3 Å². The van der Waals surface area contributed by atoms with Crippen LogP contribution in [-0.2, 0) is 4.74 Å². The number of ether oxygens (including phenoxy) is 3. The quantitative estimate of drug-likeness (QED) is 0.632. The van der Waals surface area contributed by atoms with E-state index in [1.54, 1.807) is 13.8 Å². The zero-order valence-electron chi connectivity index (χ0n) is 15.6. The number of benzene rings is 1. The molecule has 0 amide bonds. The monoisotopic (exact) mass is 401 g/mol. The van der Waals surface area contributed by atoms with E-state index < -0.39 is 5.97 Å². The van der Waals surface area contributed by atoms with Gasteiger partial charge in [0.15, 0.2) is 11.5 Å². The van der Waals surface area contributed by atoms with E-state index in [2.05, 4.69) is 15.3 Å². The summed E-state index contributed by atoms with van der Waals surface area (Å²) in [5.41, 5.74) is 1.13. The summed E-state index contributed by atoms with van der Waals surface area (Å²) in [7, 11) is 0. The van der Waals surface area contributed by atoms with Crippen LogP contribution in [0.15, 0.2) is 23.0 Å². The third kappa shape index (κ3) is 3.18. The number of aromatic amines is 1. The van der Waals surface area contributed by atoms with Crippen LogP contribution in [0.3, 0.4) is 0 Å². The van der Waals surface area contributed by atoms with Crippen molar-refractivity contribution in [3.8, 4) is 11.5 Å². The molecule has 0 aliphatic carbocycles. The van der Waals surface area contributed by atoms with Crippen LogP contribution >= 0.6 is 11.3 Å². The van der Waals surface area contributed by atoms with Crippen molar-refractivity contribution in [2.75, 3.05) is 18.7 Å². The molecule has 3 heterocycles. The fourth-order valence-corrected chi connectivity index (χ4v) is 4.14. The number of carbonyl (C=O) groups is 1. The number of carbonyl (C=O) groups excluding carboxylic acids is 1. The van der Waals surface area contributed by atoms with Crippen LogP contribution in [0.5, 0.6) is 11.5 Å². The van der Waals surface area contributed by atoms with Gasteiger partial charge in [-0.2, -0.15) is 0 Å². The lowest BCUT2D eigenvalue weighted by Gasteiger charge is -2.14. The second-order valence-electron chi connectivity index (χ2n) is 6.34. The third-order valence-corrected chi connectivity index (χ3v) is 5.61. The smallest absolute Gasteiger partial charge is 0.348 e. The molecule has 1 aliphatic rings. The molecule has 0 bridgehead atoms. The zero-order valence-corrected chi connectivity index (χ0v) is 16.4. The van der Waals surface area contributed by atoms with E-state index in [9.17, 15) is 9.59 Å². The minimum Gasteiger partial charge on any atom is -0.462 e. The molecular formula is C19H19N3O5S. The molecule has 3 aromatic rings. The van der Waals surface area contributed by atoms with Crippen molar-refractivity contribution in [3.05, 3.63) is 44.8 Å². The first kappa shape index (κ1) is 18.3. The van der Waals surface area contributed by atoms with Gasteiger partial charge in [-0.15, -0.1) is 11.3 Å². The van der Waals surface area contributed by atoms with Crippen molar-refractivity contribution in [1.29, 1.82) is 0 Å². The van der Waals surface area contributed by atoms with Gasteiger partial charge in [-0.1, -0.05) is 0 Å². The van der Waals surface area contributed by atoms with E-state index in [0.29, 0.717) is 38.0 Å². The highest BCUT2D eigenvalue weighted by molar-refractivity contribution is 7.20. The SMILES string of the molecule is CCOC(=O)c1sc2nc([C@H](C)Nc3ccc4c(c3)OCO4)[nH]c(=O)c2c1C. The second kappa shape index (κ2) is 7.16. The molecule has 0 saturated carbocycles. The summed E-state index contributed by atoms with van der Waals surface area (Å²) in [5.74, 6) is 1.41. The number of hydrogen-bond donors (Lipinski definition) is 2. The van der Waals surface area contributed by atoms with Crippen LogP contribution in [0.1, 0.15) is 40.9 Å². The maximum absolute atomic E-state index is 12.6. The van der Waals surface area contributed by atoms with Gasteiger partial charge in [0.05, 0.1) is 18.0 Å². The van der Waals surface area contributed by atoms with Gasteiger partial charge in [0, 0.05) is 11.8 Å². The normalized spacial score (nSPS) is 13.5. The van der Waals surface area contributed by atoms with Gasteiger partial charge in [0.1, 0.15) is 15.5 Å². The number of nitrogens with zero attached hydrogens (tertiary/aromatic N) is 1. The summed E-state index contributed by atoms with van der Waals surface area (Å²) in [4.78, 5) is 33.0. The first-order chi connectivity index (χ1) is 13.5. The van der Waals surface area contributed by atoms with E-state index in [1.807, 2.05) is 25.1 Å². The summed E-state index contributed by atoms with van der Waals surface area (Å²) >= 11 is 1.17. The van der Waals surface area contributed by atoms with Crippen molar-refractivity contribution in [1.82, 2.24) is 9.97 Å². The molecule has 0 spiro atoms. The van der Waals surface area contributed by atoms with Crippen LogP contribution in [0.25, 0.3) is 10.2 Å². The Bertz CT molecular complexity index is 1120. The molecule has 1 atom stereocenters. The Morgan fingerprint density at radius 2 is 2.18 bits per heavy atom. The molecule has 1 aromatic carbocycles. The highest BCUT2D eigenvalue weighted by Crippen LogP contribution is 2.35. The fraction of sp³-hybridized carbons (Fsp3) is 0.316. The third-order valence-electron chi connectivity index (χ3n) is 4.45. The van der Waals surface area contributed by atoms with Gasteiger partial charge in [-0.25, -0.2) is 9.78 Å². The number of hydrogen-bond acceptors (Lipinski definition) is 8. The Balaban J connectivity index is 1.65. The number of H-pyrrole nitrogens is 1. The van der Waals surface area contributed by atoms with Gasteiger partial charge in [-0.05, 0) is 38.5 Å². The molecule has 0 radical (unpaired) electrons. The standard InChI is InChI=1S/C19H19N3O5S/c1-4-25-19(24)15-9(2)14-17(23)21-16(22-18(14)28-15)10(3)20-11-5-6-12-13(7-11)27-8-26-12/h5-7,10,20H,4,8H2,1-3H3,(H,21,22,23)/t10-/m0/s1. The van der Waals surface area contributed by atoms with Crippen LogP contribution in [0, 0.1) is 6.92 Å². The number of aromatic nitrogens is 2. The van der Waals surface area contributed by atoms with Crippen molar-refractivity contribution in [2.24, 2.45) is 0 Å². The van der Waals surface area contributed by atoms with Crippen LogP contribution in [0.4, 0.5) is 5.69 Å². The molecule has 9 heteroatoms. The number of esters is 1. The number of nitrogens with one attached hydrogen (secondary N) is 2. The van der Waals surface area contributed by atoms with E-state index in [1.165, 1.54) is 11.3 Å². The van der Waals surface area contributed by atoms with Gasteiger partial charge in [-0.3, -0.25) is 4.79 Å². The van der Waals surface area contributed by atoms with Crippen LogP contribution in [0.2, 0.25) is 0 Å². The molecule has 28 heavy (non-hydrogen) atoms. The summed E-state index contributed by atoms with van der Waals surface area (Å²) in [6, 6.07) is 5.26.